The third-order valence-corrected chi connectivity index (χ3v) is 2.66. The maximum atomic E-state index is 11.9. The van der Waals surface area contributed by atoms with E-state index in [4.69, 9.17) is 4.74 Å². The molecule has 1 heterocycles. The Morgan fingerprint density at radius 2 is 2.24 bits per heavy atom. The lowest BCUT2D eigenvalue weighted by Gasteiger charge is -2.08. The SMILES string of the molecule is CCOC(=O)C(C)C(=O)c1ccnc(SC)n1. The molecule has 0 saturated carbocycles. The summed E-state index contributed by atoms with van der Waals surface area (Å²) in [5, 5.41) is 0.506. The van der Waals surface area contributed by atoms with Gasteiger partial charge in [-0.05, 0) is 26.2 Å². The van der Waals surface area contributed by atoms with Crippen molar-refractivity contribution in [2.45, 2.75) is 19.0 Å². The van der Waals surface area contributed by atoms with Crippen LogP contribution in [0.25, 0.3) is 0 Å². The molecule has 1 atom stereocenters. The summed E-state index contributed by atoms with van der Waals surface area (Å²) in [5.41, 5.74) is 0.241. The average Bonchev–Trinajstić information content (AvgIpc) is 2.37. The van der Waals surface area contributed by atoms with Crippen LogP contribution in [-0.4, -0.2) is 34.6 Å². The molecule has 0 aromatic carbocycles. The van der Waals surface area contributed by atoms with E-state index in [1.54, 1.807) is 6.92 Å². The van der Waals surface area contributed by atoms with Gasteiger partial charge in [0.2, 0.25) is 0 Å². The highest BCUT2D eigenvalue weighted by molar-refractivity contribution is 7.98. The van der Waals surface area contributed by atoms with Gasteiger partial charge in [-0.3, -0.25) is 9.59 Å². The van der Waals surface area contributed by atoms with Crippen LogP contribution in [0.2, 0.25) is 0 Å². The van der Waals surface area contributed by atoms with Gasteiger partial charge in [0.1, 0.15) is 11.6 Å². The first-order valence-electron chi connectivity index (χ1n) is 5.18. The molecule has 0 spiro atoms. The normalized spacial score (nSPS) is 11.9. The van der Waals surface area contributed by atoms with Crippen LogP contribution in [0.5, 0.6) is 0 Å². The summed E-state index contributed by atoms with van der Waals surface area (Å²) < 4.78 is 4.79. The number of aromatic nitrogens is 2. The van der Waals surface area contributed by atoms with Gasteiger partial charge < -0.3 is 4.74 Å². The Morgan fingerprint density at radius 1 is 1.53 bits per heavy atom. The summed E-state index contributed by atoms with van der Waals surface area (Å²) in [4.78, 5) is 31.4. The zero-order valence-electron chi connectivity index (χ0n) is 9.97. The predicted molar refractivity (Wildman–Crippen MR) is 63.9 cm³/mol. The zero-order valence-corrected chi connectivity index (χ0v) is 10.8. The van der Waals surface area contributed by atoms with Gasteiger partial charge in [0.25, 0.3) is 0 Å². The van der Waals surface area contributed by atoms with E-state index >= 15 is 0 Å². The summed E-state index contributed by atoms with van der Waals surface area (Å²) in [7, 11) is 0. The van der Waals surface area contributed by atoms with Gasteiger partial charge in [-0.2, -0.15) is 0 Å². The molecule has 5 nitrogen and oxygen atoms in total. The third kappa shape index (κ3) is 3.52. The maximum Gasteiger partial charge on any atom is 0.316 e. The molecular formula is C11H14N2O3S. The van der Waals surface area contributed by atoms with E-state index in [0.29, 0.717) is 5.16 Å². The molecule has 92 valence electrons. The first-order valence-corrected chi connectivity index (χ1v) is 6.40. The number of Topliss-reactive ketones (excluding diaryl/α,β-unsaturated/α-hetero) is 1. The number of ketones is 1. The fourth-order valence-corrected chi connectivity index (χ4v) is 1.53. The second kappa shape index (κ2) is 6.34. The van der Waals surface area contributed by atoms with Crippen LogP contribution < -0.4 is 0 Å². The molecule has 17 heavy (non-hydrogen) atoms. The minimum Gasteiger partial charge on any atom is -0.465 e. The summed E-state index contributed by atoms with van der Waals surface area (Å²) in [6, 6.07) is 1.50. The molecule has 1 unspecified atom stereocenters. The van der Waals surface area contributed by atoms with Crippen LogP contribution in [0.1, 0.15) is 24.3 Å². The fraction of sp³-hybridized carbons (Fsp3) is 0.455. The molecule has 1 rings (SSSR count). The number of carbonyl (C=O) groups excluding carboxylic acids is 2. The Morgan fingerprint density at radius 3 is 2.82 bits per heavy atom. The molecular weight excluding hydrogens is 240 g/mol. The second-order valence-corrected chi connectivity index (χ2v) is 4.04. The van der Waals surface area contributed by atoms with Crippen molar-refractivity contribution >= 4 is 23.5 Å². The van der Waals surface area contributed by atoms with Gasteiger partial charge in [0.15, 0.2) is 10.9 Å². The lowest BCUT2D eigenvalue weighted by Crippen LogP contribution is -2.24. The smallest absolute Gasteiger partial charge is 0.316 e. The molecule has 0 bridgehead atoms. The molecule has 0 aliphatic rings. The molecule has 1 aromatic rings. The molecule has 0 radical (unpaired) electrons. The first kappa shape index (κ1) is 13.6. The first-order chi connectivity index (χ1) is 8.10. The average molecular weight is 254 g/mol. The van der Waals surface area contributed by atoms with Crippen molar-refractivity contribution in [3.05, 3.63) is 18.0 Å². The summed E-state index contributed by atoms with van der Waals surface area (Å²) in [6.45, 7) is 3.48. The van der Waals surface area contributed by atoms with Crippen molar-refractivity contribution < 1.29 is 14.3 Å². The van der Waals surface area contributed by atoms with Crippen molar-refractivity contribution in [2.75, 3.05) is 12.9 Å². The third-order valence-electron chi connectivity index (χ3n) is 2.10. The molecule has 6 heteroatoms. The van der Waals surface area contributed by atoms with Crippen molar-refractivity contribution in [3.63, 3.8) is 0 Å². The van der Waals surface area contributed by atoms with E-state index in [2.05, 4.69) is 9.97 Å². The van der Waals surface area contributed by atoms with E-state index < -0.39 is 11.9 Å². The number of hydrogen-bond donors (Lipinski definition) is 0. The number of carbonyl (C=O) groups is 2. The second-order valence-electron chi connectivity index (χ2n) is 3.27. The van der Waals surface area contributed by atoms with Crippen molar-refractivity contribution in [1.82, 2.24) is 9.97 Å². The van der Waals surface area contributed by atoms with E-state index in [0.717, 1.165) is 0 Å². The molecule has 0 amide bonds. The van der Waals surface area contributed by atoms with Crippen molar-refractivity contribution in [2.24, 2.45) is 5.92 Å². The Labute approximate surface area is 104 Å². The van der Waals surface area contributed by atoms with Gasteiger partial charge in [-0.25, -0.2) is 9.97 Å². The van der Waals surface area contributed by atoms with Gasteiger partial charge in [0, 0.05) is 6.20 Å². The molecule has 1 aromatic heterocycles. The van der Waals surface area contributed by atoms with Crippen LogP contribution in [-0.2, 0) is 9.53 Å². The minimum atomic E-state index is -0.834. The van der Waals surface area contributed by atoms with Crippen molar-refractivity contribution in [1.29, 1.82) is 0 Å². The summed E-state index contributed by atoms with van der Waals surface area (Å²) in [6.07, 6.45) is 3.32. The van der Waals surface area contributed by atoms with Crippen LogP contribution >= 0.6 is 11.8 Å². The molecule has 0 aliphatic heterocycles. The number of hydrogen-bond acceptors (Lipinski definition) is 6. The van der Waals surface area contributed by atoms with Gasteiger partial charge in [-0.15, -0.1) is 0 Å². The minimum absolute atomic E-state index is 0.241. The Balaban J connectivity index is 2.84. The lowest BCUT2D eigenvalue weighted by atomic mass is 10.0. The summed E-state index contributed by atoms with van der Waals surface area (Å²) >= 11 is 1.34. The largest absolute Gasteiger partial charge is 0.465 e. The molecule has 0 aliphatic carbocycles. The summed E-state index contributed by atoms with van der Waals surface area (Å²) in [5.74, 6) is -1.71. The number of thioether (sulfide) groups is 1. The number of ether oxygens (including phenoxy) is 1. The van der Waals surface area contributed by atoms with E-state index in [1.165, 1.54) is 30.9 Å². The highest BCUT2D eigenvalue weighted by Crippen LogP contribution is 2.12. The Hall–Kier alpha value is -1.43. The van der Waals surface area contributed by atoms with Crippen LogP contribution in [0.4, 0.5) is 0 Å². The topological polar surface area (TPSA) is 69.2 Å². The van der Waals surface area contributed by atoms with Crippen molar-refractivity contribution in [3.8, 4) is 0 Å². The van der Waals surface area contributed by atoms with E-state index in [1.807, 2.05) is 6.26 Å². The highest BCUT2D eigenvalue weighted by atomic mass is 32.2. The molecule has 0 fully saturated rings. The van der Waals surface area contributed by atoms with Gasteiger partial charge in [-0.1, -0.05) is 11.8 Å². The fourth-order valence-electron chi connectivity index (χ4n) is 1.17. The molecule has 0 N–H and O–H groups in total. The Kier molecular flexibility index (Phi) is 5.09. The van der Waals surface area contributed by atoms with Crippen LogP contribution in [0, 0.1) is 5.92 Å². The number of esters is 1. The van der Waals surface area contributed by atoms with Crippen LogP contribution in [0.15, 0.2) is 17.4 Å². The van der Waals surface area contributed by atoms with Gasteiger partial charge >= 0.3 is 5.97 Å². The highest BCUT2D eigenvalue weighted by Gasteiger charge is 2.25. The number of nitrogens with zero attached hydrogens (tertiary/aromatic N) is 2. The predicted octanol–water partition coefficient (Wildman–Crippen LogP) is 1.58. The van der Waals surface area contributed by atoms with E-state index in [9.17, 15) is 9.59 Å². The van der Waals surface area contributed by atoms with E-state index in [-0.39, 0.29) is 18.1 Å². The molecule has 0 saturated heterocycles. The lowest BCUT2D eigenvalue weighted by molar-refractivity contribution is -0.145. The quantitative estimate of drug-likeness (QED) is 0.261. The Bertz CT molecular complexity index is 423. The monoisotopic (exact) mass is 254 g/mol. The standard InChI is InChI=1S/C11H14N2O3S/c1-4-16-10(15)7(2)9(14)8-5-6-12-11(13-8)17-3/h5-7H,4H2,1-3H3. The zero-order chi connectivity index (χ0) is 12.8. The van der Waals surface area contributed by atoms with Crippen LogP contribution in [0.3, 0.4) is 0 Å². The number of rotatable bonds is 5. The maximum absolute atomic E-state index is 11.9. The van der Waals surface area contributed by atoms with Gasteiger partial charge in [0.05, 0.1) is 6.61 Å².